The second-order valence-corrected chi connectivity index (χ2v) is 7.25. The lowest BCUT2D eigenvalue weighted by Gasteiger charge is -2.21. The van der Waals surface area contributed by atoms with Crippen molar-refractivity contribution in [3.63, 3.8) is 0 Å². The van der Waals surface area contributed by atoms with Gasteiger partial charge >= 0.3 is 0 Å². The number of pyridine rings is 1. The van der Waals surface area contributed by atoms with Crippen LogP contribution in [0.4, 0.5) is 26.1 Å². The second-order valence-electron chi connectivity index (χ2n) is 7.25. The first kappa shape index (κ1) is 18.4. The van der Waals surface area contributed by atoms with E-state index in [9.17, 15) is 8.78 Å². The van der Waals surface area contributed by atoms with Crippen molar-refractivity contribution in [2.75, 3.05) is 23.3 Å². The number of aromatic nitrogens is 4. The number of nitrogens with two attached hydrogens (primary N) is 1. The Kier molecular flexibility index (Phi) is 4.51. The molecule has 3 N–H and O–H groups in total. The third-order valence-electron chi connectivity index (χ3n) is 5.21. The largest absolute Gasteiger partial charge is 0.368 e. The van der Waals surface area contributed by atoms with Gasteiger partial charge in [0.2, 0.25) is 5.95 Å². The number of hydrogen-bond donors (Lipinski definition) is 2. The first-order valence-corrected chi connectivity index (χ1v) is 9.61. The van der Waals surface area contributed by atoms with Crippen molar-refractivity contribution in [1.82, 2.24) is 19.6 Å². The number of nitrogens with one attached hydrogen (secondary N) is 1. The van der Waals surface area contributed by atoms with Crippen molar-refractivity contribution >= 4 is 22.8 Å². The molecule has 30 heavy (non-hydrogen) atoms. The number of benzene rings is 1. The second kappa shape index (κ2) is 7.34. The van der Waals surface area contributed by atoms with Crippen LogP contribution in [0, 0.1) is 11.6 Å². The summed E-state index contributed by atoms with van der Waals surface area (Å²) in [6, 6.07) is 9.09. The summed E-state index contributed by atoms with van der Waals surface area (Å²) in [4.78, 5) is 10.8. The summed E-state index contributed by atoms with van der Waals surface area (Å²) in [7, 11) is 0. The first-order chi connectivity index (χ1) is 14.6. The Morgan fingerprint density at radius 2 is 1.90 bits per heavy atom. The number of rotatable bonds is 4. The molecule has 0 spiro atoms. The molecule has 3 aromatic heterocycles. The van der Waals surface area contributed by atoms with Gasteiger partial charge in [0.15, 0.2) is 0 Å². The van der Waals surface area contributed by atoms with Crippen molar-refractivity contribution in [2.24, 2.45) is 5.73 Å². The molecule has 1 aliphatic heterocycles. The Morgan fingerprint density at radius 1 is 1.07 bits per heavy atom. The number of imidazole rings is 1. The molecule has 9 heteroatoms. The standard InChI is InChI=1S/C21H19F2N7/c22-15-2-1-3-16(23)20(15)17-5-4-14-10-26-21(30(14)28-17)27-18-11-25-8-6-19(18)29-9-7-13(24)12-29/h1-6,8,10-11,13H,7,9,12,24H2,(H,26,27). The van der Waals surface area contributed by atoms with Gasteiger partial charge in [0.1, 0.15) is 11.6 Å². The summed E-state index contributed by atoms with van der Waals surface area (Å²) in [5.41, 5.74) is 8.46. The van der Waals surface area contributed by atoms with E-state index < -0.39 is 11.6 Å². The summed E-state index contributed by atoms with van der Waals surface area (Å²) >= 11 is 0. The molecule has 1 unspecified atom stereocenters. The van der Waals surface area contributed by atoms with E-state index in [1.165, 1.54) is 22.7 Å². The average Bonchev–Trinajstić information content (AvgIpc) is 3.35. The number of nitrogens with zero attached hydrogens (tertiary/aromatic N) is 5. The highest BCUT2D eigenvalue weighted by molar-refractivity contribution is 5.74. The van der Waals surface area contributed by atoms with E-state index in [0.717, 1.165) is 30.9 Å². The van der Waals surface area contributed by atoms with Crippen molar-refractivity contribution < 1.29 is 8.78 Å². The Balaban J connectivity index is 1.54. The van der Waals surface area contributed by atoms with Crippen molar-refractivity contribution in [1.29, 1.82) is 0 Å². The van der Waals surface area contributed by atoms with Crippen LogP contribution in [0.3, 0.4) is 0 Å². The quantitative estimate of drug-likeness (QED) is 0.540. The van der Waals surface area contributed by atoms with Crippen LogP contribution in [-0.2, 0) is 0 Å². The van der Waals surface area contributed by atoms with E-state index in [-0.39, 0.29) is 17.3 Å². The number of hydrogen-bond acceptors (Lipinski definition) is 6. The van der Waals surface area contributed by atoms with Gasteiger partial charge in [0.25, 0.3) is 0 Å². The molecule has 0 radical (unpaired) electrons. The average molecular weight is 407 g/mol. The normalized spacial score (nSPS) is 16.4. The lowest BCUT2D eigenvalue weighted by molar-refractivity contribution is 0.588. The maximum absolute atomic E-state index is 14.2. The Bertz CT molecular complexity index is 1200. The van der Waals surface area contributed by atoms with Gasteiger partial charge in [-0.3, -0.25) is 4.98 Å². The summed E-state index contributed by atoms with van der Waals surface area (Å²) in [5, 5.41) is 7.67. The smallest absolute Gasteiger partial charge is 0.229 e. The van der Waals surface area contributed by atoms with Crippen LogP contribution >= 0.6 is 0 Å². The zero-order chi connectivity index (χ0) is 20.7. The molecule has 152 valence electrons. The maximum Gasteiger partial charge on any atom is 0.229 e. The molecule has 1 saturated heterocycles. The lowest BCUT2D eigenvalue weighted by Crippen LogP contribution is -2.26. The highest BCUT2D eigenvalue weighted by atomic mass is 19.1. The monoisotopic (exact) mass is 407 g/mol. The van der Waals surface area contributed by atoms with E-state index >= 15 is 0 Å². The van der Waals surface area contributed by atoms with Crippen LogP contribution in [0.25, 0.3) is 16.8 Å². The molecule has 4 aromatic rings. The van der Waals surface area contributed by atoms with E-state index in [1.54, 1.807) is 30.7 Å². The summed E-state index contributed by atoms with van der Waals surface area (Å²) in [6.45, 7) is 1.62. The zero-order valence-corrected chi connectivity index (χ0v) is 16.0. The van der Waals surface area contributed by atoms with Crippen LogP contribution in [0.2, 0.25) is 0 Å². The molecule has 0 aliphatic carbocycles. The van der Waals surface area contributed by atoms with Gasteiger partial charge in [-0.1, -0.05) is 6.07 Å². The molecule has 1 aromatic carbocycles. The van der Waals surface area contributed by atoms with Gasteiger partial charge in [-0.25, -0.2) is 13.8 Å². The first-order valence-electron chi connectivity index (χ1n) is 9.61. The van der Waals surface area contributed by atoms with Gasteiger partial charge in [-0.2, -0.15) is 9.61 Å². The van der Waals surface area contributed by atoms with Crippen LogP contribution in [-0.4, -0.2) is 38.7 Å². The van der Waals surface area contributed by atoms with Crippen molar-refractivity contribution in [3.8, 4) is 11.3 Å². The molecular weight excluding hydrogens is 388 g/mol. The SMILES string of the molecule is NC1CCN(c2ccncc2Nc2ncc3ccc(-c4c(F)cccc4F)nn23)C1. The van der Waals surface area contributed by atoms with Gasteiger partial charge in [0.05, 0.1) is 40.5 Å². The van der Waals surface area contributed by atoms with E-state index in [1.807, 2.05) is 6.07 Å². The zero-order valence-electron chi connectivity index (χ0n) is 16.0. The minimum atomic E-state index is -0.670. The van der Waals surface area contributed by atoms with E-state index in [4.69, 9.17) is 5.73 Å². The van der Waals surface area contributed by atoms with Gasteiger partial charge in [-0.15, -0.1) is 0 Å². The fraction of sp³-hybridized carbons (Fsp3) is 0.190. The number of halogens is 2. The fourth-order valence-electron chi connectivity index (χ4n) is 3.73. The minimum Gasteiger partial charge on any atom is -0.368 e. The Hall–Kier alpha value is -3.59. The summed E-state index contributed by atoms with van der Waals surface area (Å²) < 4.78 is 30.0. The molecular formula is C21H19F2N7. The van der Waals surface area contributed by atoms with Crippen molar-refractivity contribution in [3.05, 3.63) is 66.6 Å². The maximum atomic E-state index is 14.2. The summed E-state index contributed by atoms with van der Waals surface area (Å²) in [5.74, 6) is -0.922. The fourth-order valence-corrected chi connectivity index (χ4v) is 3.73. The highest BCUT2D eigenvalue weighted by Crippen LogP contribution is 2.30. The molecule has 1 atom stereocenters. The number of fused-ring (bicyclic) bond motifs is 1. The molecule has 5 rings (SSSR count). The molecule has 1 fully saturated rings. The van der Waals surface area contributed by atoms with Crippen LogP contribution in [0.1, 0.15) is 6.42 Å². The summed E-state index contributed by atoms with van der Waals surface area (Å²) in [6.07, 6.45) is 6.00. The molecule has 4 heterocycles. The topological polar surface area (TPSA) is 84.4 Å². The van der Waals surface area contributed by atoms with Gasteiger partial charge < -0.3 is 16.0 Å². The lowest BCUT2D eigenvalue weighted by atomic mass is 10.1. The molecule has 0 bridgehead atoms. The third-order valence-corrected chi connectivity index (χ3v) is 5.21. The Labute approximate surface area is 171 Å². The predicted octanol–water partition coefficient (Wildman–Crippen LogP) is 3.35. The van der Waals surface area contributed by atoms with Crippen LogP contribution in [0.15, 0.2) is 55.0 Å². The molecule has 0 amide bonds. The minimum absolute atomic E-state index is 0.137. The van der Waals surface area contributed by atoms with Crippen molar-refractivity contribution in [2.45, 2.75) is 12.5 Å². The third kappa shape index (κ3) is 3.22. The van der Waals surface area contributed by atoms with Crippen LogP contribution < -0.4 is 16.0 Å². The van der Waals surface area contributed by atoms with E-state index in [2.05, 4.69) is 25.3 Å². The van der Waals surface area contributed by atoms with E-state index in [0.29, 0.717) is 11.5 Å². The van der Waals surface area contributed by atoms with Gasteiger partial charge in [-0.05, 0) is 36.8 Å². The Morgan fingerprint density at radius 3 is 2.67 bits per heavy atom. The predicted molar refractivity (Wildman–Crippen MR) is 111 cm³/mol. The van der Waals surface area contributed by atoms with Crippen LogP contribution in [0.5, 0.6) is 0 Å². The molecule has 1 aliphatic rings. The highest BCUT2D eigenvalue weighted by Gasteiger charge is 2.22. The molecule has 7 nitrogen and oxygen atoms in total. The van der Waals surface area contributed by atoms with Gasteiger partial charge in [0, 0.05) is 25.3 Å². The molecule has 0 saturated carbocycles. The number of anilines is 3.